The van der Waals surface area contributed by atoms with Crippen molar-refractivity contribution in [3.63, 3.8) is 0 Å². The van der Waals surface area contributed by atoms with Crippen molar-refractivity contribution in [2.24, 2.45) is 0 Å². The Morgan fingerprint density at radius 3 is 2.70 bits per heavy atom. The summed E-state index contributed by atoms with van der Waals surface area (Å²) in [6.07, 6.45) is 3.65. The lowest BCUT2D eigenvalue weighted by molar-refractivity contribution is 0.0492. The van der Waals surface area contributed by atoms with Crippen molar-refractivity contribution in [2.75, 3.05) is 5.32 Å². The second-order valence-corrected chi connectivity index (χ2v) is 8.27. The summed E-state index contributed by atoms with van der Waals surface area (Å²) in [5, 5.41) is 7.20. The number of nitrogens with one attached hydrogen (secondary N) is 2. The molecule has 2 N–H and O–H groups in total. The van der Waals surface area contributed by atoms with Crippen LogP contribution in [0.4, 0.5) is 10.5 Å². The zero-order chi connectivity index (χ0) is 17.0. The Morgan fingerprint density at radius 1 is 1.30 bits per heavy atom. The summed E-state index contributed by atoms with van der Waals surface area (Å²) in [6, 6.07) is 6.14. The quantitative estimate of drug-likeness (QED) is 0.715. The molecule has 1 aliphatic carbocycles. The number of rotatable bonds is 3. The lowest BCUT2D eigenvalue weighted by atomic mass is 9.91. The number of amides is 1. The van der Waals surface area contributed by atoms with Gasteiger partial charge in [-0.25, -0.2) is 4.79 Å². The summed E-state index contributed by atoms with van der Waals surface area (Å²) in [7, 11) is 0. The van der Waals surface area contributed by atoms with Crippen LogP contribution in [0.3, 0.4) is 0 Å². The number of hydrogen-bond donors (Lipinski definition) is 2. The largest absolute Gasteiger partial charge is 0.444 e. The molecule has 0 bridgehead atoms. The zero-order valence-corrected chi connectivity index (χ0v) is 16.1. The Morgan fingerprint density at radius 2 is 2.00 bits per heavy atom. The average Bonchev–Trinajstić information content (AvgIpc) is 2.41. The normalized spacial score (nSPS) is 21.6. The second kappa shape index (κ2) is 7.75. The topological polar surface area (TPSA) is 50.4 Å². The van der Waals surface area contributed by atoms with Gasteiger partial charge in [-0.2, -0.15) is 0 Å². The Balaban J connectivity index is 1.90. The molecule has 0 saturated heterocycles. The molecule has 4 nitrogen and oxygen atoms in total. The third kappa shape index (κ3) is 6.22. The number of benzene rings is 1. The first-order chi connectivity index (χ1) is 10.7. The molecule has 2 rings (SSSR count). The maximum Gasteiger partial charge on any atom is 0.407 e. The van der Waals surface area contributed by atoms with Crippen LogP contribution in [-0.2, 0) is 4.74 Å². The minimum atomic E-state index is -0.470. The van der Waals surface area contributed by atoms with Crippen LogP contribution in [0.5, 0.6) is 0 Å². The minimum Gasteiger partial charge on any atom is -0.444 e. The van der Waals surface area contributed by atoms with Crippen molar-refractivity contribution in [2.45, 2.75) is 64.1 Å². The van der Waals surface area contributed by atoms with Gasteiger partial charge in [0.05, 0.1) is 5.69 Å². The van der Waals surface area contributed by atoms with Gasteiger partial charge >= 0.3 is 6.09 Å². The zero-order valence-electron chi connectivity index (χ0n) is 13.8. The van der Waals surface area contributed by atoms with Gasteiger partial charge in [-0.15, -0.1) is 0 Å². The fourth-order valence-electron chi connectivity index (χ4n) is 2.75. The molecule has 23 heavy (non-hydrogen) atoms. The molecule has 0 radical (unpaired) electrons. The molecule has 1 amide bonds. The lowest BCUT2D eigenvalue weighted by Gasteiger charge is -2.32. The van der Waals surface area contributed by atoms with E-state index in [2.05, 4.69) is 26.6 Å². The summed E-state index contributed by atoms with van der Waals surface area (Å²) in [6.45, 7) is 5.61. The van der Waals surface area contributed by atoms with Crippen LogP contribution >= 0.6 is 27.5 Å². The summed E-state index contributed by atoms with van der Waals surface area (Å²) in [5.74, 6) is 0. The van der Waals surface area contributed by atoms with Gasteiger partial charge in [-0.3, -0.25) is 0 Å². The highest BCUT2D eigenvalue weighted by atomic mass is 79.9. The van der Waals surface area contributed by atoms with E-state index in [9.17, 15) is 4.79 Å². The number of carbonyl (C=O) groups is 1. The van der Waals surface area contributed by atoms with Crippen LogP contribution < -0.4 is 10.6 Å². The Bertz CT molecular complexity index is 560. The first-order valence-corrected chi connectivity index (χ1v) is 9.11. The number of halogens is 2. The van der Waals surface area contributed by atoms with Crippen LogP contribution in [0.1, 0.15) is 46.5 Å². The van der Waals surface area contributed by atoms with E-state index in [1.54, 1.807) is 0 Å². The lowest BCUT2D eigenvalue weighted by Crippen LogP contribution is -2.43. The fourth-order valence-corrected chi connectivity index (χ4v) is 3.29. The van der Waals surface area contributed by atoms with Gasteiger partial charge < -0.3 is 15.4 Å². The van der Waals surface area contributed by atoms with Gasteiger partial charge in [0, 0.05) is 21.6 Å². The number of alkyl carbamates (subject to hydrolysis) is 1. The van der Waals surface area contributed by atoms with E-state index in [0.717, 1.165) is 35.8 Å². The molecule has 6 heteroatoms. The van der Waals surface area contributed by atoms with E-state index in [1.807, 2.05) is 39.0 Å². The predicted octanol–water partition coefficient (Wildman–Crippen LogP) is 5.35. The highest BCUT2D eigenvalue weighted by Gasteiger charge is 2.25. The first kappa shape index (κ1) is 18.4. The molecule has 0 heterocycles. The molecule has 0 spiro atoms. The van der Waals surface area contributed by atoms with Gasteiger partial charge in [-0.05, 0) is 80.6 Å². The van der Waals surface area contributed by atoms with Gasteiger partial charge in [0.15, 0.2) is 0 Å². The van der Waals surface area contributed by atoms with Gasteiger partial charge in [0.2, 0.25) is 0 Å². The molecule has 1 fully saturated rings. The summed E-state index contributed by atoms with van der Waals surface area (Å²) >= 11 is 9.59. The highest BCUT2D eigenvalue weighted by Crippen LogP contribution is 2.29. The van der Waals surface area contributed by atoms with Gasteiger partial charge in [0.25, 0.3) is 0 Å². The van der Waals surface area contributed by atoms with E-state index in [0.29, 0.717) is 11.1 Å². The Labute approximate surface area is 151 Å². The number of hydrogen-bond acceptors (Lipinski definition) is 3. The van der Waals surface area contributed by atoms with Crippen molar-refractivity contribution in [3.05, 3.63) is 27.7 Å². The van der Waals surface area contributed by atoms with E-state index in [4.69, 9.17) is 16.3 Å². The predicted molar refractivity (Wildman–Crippen MR) is 98.2 cm³/mol. The van der Waals surface area contributed by atoms with E-state index in [-0.39, 0.29) is 12.1 Å². The van der Waals surface area contributed by atoms with Crippen LogP contribution in [0.2, 0.25) is 5.02 Å². The number of ether oxygens (including phenoxy) is 1. The molecular weight excluding hydrogens is 380 g/mol. The summed E-state index contributed by atoms with van der Waals surface area (Å²) < 4.78 is 6.32. The third-order valence-electron chi connectivity index (χ3n) is 3.68. The molecule has 0 aromatic heterocycles. The molecule has 1 aromatic carbocycles. The fraction of sp³-hybridized carbons (Fsp3) is 0.588. The number of carbonyl (C=O) groups excluding carboxylic acids is 1. The van der Waals surface area contributed by atoms with E-state index in [1.165, 1.54) is 0 Å². The van der Waals surface area contributed by atoms with E-state index >= 15 is 0 Å². The van der Waals surface area contributed by atoms with E-state index < -0.39 is 5.60 Å². The maximum atomic E-state index is 11.9. The molecule has 1 aliphatic rings. The van der Waals surface area contributed by atoms with Crippen molar-refractivity contribution >= 4 is 39.3 Å². The molecule has 2 unspecified atom stereocenters. The SMILES string of the molecule is CC(C)(C)OC(=O)NC1CCCC(Nc2cc(Cl)ccc2Br)C1. The third-order valence-corrected chi connectivity index (χ3v) is 4.61. The molecule has 1 aromatic rings. The number of anilines is 1. The van der Waals surface area contributed by atoms with Crippen molar-refractivity contribution in [1.29, 1.82) is 0 Å². The Hall–Kier alpha value is -0.940. The van der Waals surface area contributed by atoms with Crippen LogP contribution in [0.25, 0.3) is 0 Å². The monoisotopic (exact) mass is 402 g/mol. The maximum absolute atomic E-state index is 11.9. The van der Waals surface area contributed by atoms with Crippen LogP contribution in [-0.4, -0.2) is 23.8 Å². The average molecular weight is 404 g/mol. The minimum absolute atomic E-state index is 0.133. The molecule has 0 aliphatic heterocycles. The molecular formula is C17H24BrClN2O2. The standard InChI is InChI=1S/C17H24BrClN2O2/c1-17(2,3)23-16(22)21-13-6-4-5-12(10-13)20-15-9-11(19)7-8-14(15)18/h7-9,12-13,20H,4-6,10H2,1-3H3,(H,21,22). The van der Waals surface area contributed by atoms with Crippen molar-refractivity contribution in [3.8, 4) is 0 Å². The van der Waals surface area contributed by atoms with Crippen molar-refractivity contribution in [1.82, 2.24) is 5.32 Å². The second-order valence-electron chi connectivity index (χ2n) is 6.98. The highest BCUT2D eigenvalue weighted by molar-refractivity contribution is 9.10. The van der Waals surface area contributed by atoms with Crippen molar-refractivity contribution < 1.29 is 9.53 Å². The Kier molecular flexibility index (Phi) is 6.20. The summed E-state index contributed by atoms with van der Waals surface area (Å²) in [4.78, 5) is 11.9. The van der Waals surface area contributed by atoms with Gasteiger partial charge in [-0.1, -0.05) is 11.6 Å². The molecule has 2 atom stereocenters. The molecule has 128 valence electrons. The van der Waals surface area contributed by atoms with Crippen LogP contribution in [0.15, 0.2) is 22.7 Å². The smallest absolute Gasteiger partial charge is 0.407 e. The molecule has 1 saturated carbocycles. The van der Waals surface area contributed by atoms with Crippen LogP contribution in [0, 0.1) is 0 Å². The van der Waals surface area contributed by atoms with Gasteiger partial charge in [0.1, 0.15) is 5.60 Å². The summed E-state index contributed by atoms with van der Waals surface area (Å²) in [5.41, 5.74) is 0.516. The first-order valence-electron chi connectivity index (χ1n) is 7.94.